The second-order valence-corrected chi connectivity index (χ2v) is 14.1. The van der Waals surface area contributed by atoms with Crippen LogP contribution in [0.2, 0.25) is 0 Å². The number of benzene rings is 2. The number of alkyl halides is 1. The lowest BCUT2D eigenvalue weighted by Crippen LogP contribution is -2.56. The maximum Gasteiger partial charge on any atom is 0.222 e. The Morgan fingerprint density at radius 2 is 1.95 bits per heavy atom. The molecule has 0 spiro atoms. The number of aromatic amines is 1. The molecule has 1 amide bonds. The Bertz CT molecular complexity index is 1350. The zero-order chi connectivity index (χ0) is 27.9. The van der Waals surface area contributed by atoms with E-state index >= 15 is 0 Å². The smallest absolute Gasteiger partial charge is 0.222 e. The van der Waals surface area contributed by atoms with Gasteiger partial charge in [-0.3, -0.25) is 4.79 Å². The van der Waals surface area contributed by atoms with Gasteiger partial charge in [-0.25, -0.2) is 0 Å². The number of rotatable bonds is 8. The van der Waals surface area contributed by atoms with Crippen LogP contribution in [0.1, 0.15) is 82.9 Å². The number of carbonyl (C=O) groups is 1. The number of aromatic nitrogens is 1. The van der Waals surface area contributed by atoms with Crippen molar-refractivity contribution in [2.75, 3.05) is 13.1 Å². The Morgan fingerprint density at radius 1 is 1.15 bits per heavy atom. The lowest BCUT2D eigenvalue weighted by Gasteiger charge is -2.54. The Morgan fingerprint density at radius 3 is 2.80 bits per heavy atom. The van der Waals surface area contributed by atoms with E-state index in [0.29, 0.717) is 12.3 Å². The summed E-state index contributed by atoms with van der Waals surface area (Å²) in [5.41, 5.74) is 3.31. The Labute approximate surface area is 243 Å². The van der Waals surface area contributed by atoms with Crippen molar-refractivity contribution < 1.29 is 14.3 Å². The average molecular weight is 563 g/mol. The van der Waals surface area contributed by atoms with E-state index in [9.17, 15) is 4.79 Å². The Balaban J connectivity index is 1.11. The first-order valence-corrected chi connectivity index (χ1v) is 15.5. The van der Waals surface area contributed by atoms with Crippen LogP contribution in [0, 0.1) is 11.8 Å². The molecule has 0 bridgehead atoms. The number of halogens is 1. The van der Waals surface area contributed by atoms with Gasteiger partial charge in [0.2, 0.25) is 5.91 Å². The molecule has 1 N–H and O–H groups in total. The lowest BCUT2D eigenvalue weighted by atomic mass is 9.68. The normalized spacial score (nSPS) is 27.9. The molecule has 2 saturated heterocycles. The largest absolute Gasteiger partial charge is 0.487 e. The van der Waals surface area contributed by atoms with E-state index < -0.39 is 0 Å². The molecule has 0 saturated carbocycles. The monoisotopic (exact) mass is 562 g/mol. The first kappa shape index (κ1) is 27.7. The Kier molecular flexibility index (Phi) is 7.65. The van der Waals surface area contributed by atoms with Crippen LogP contribution in [0.4, 0.5) is 0 Å². The van der Waals surface area contributed by atoms with Crippen molar-refractivity contribution in [2.45, 2.75) is 94.8 Å². The highest BCUT2D eigenvalue weighted by molar-refractivity contribution is 6.23. The summed E-state index contributed by atoms with van der Waals surface area (Å²) in [6.45, 7) is 8.00. The van der Waals surface area contributed by atoms with Gasteiger partial charge in [0.25, 0.3) is 0 Å². The molecule has 5 atom stereocenters. The van der Waals surface area contributed by atoms with E-state index in [-0.39, 0.29) is 34.5 Å². The van der Waals surface area contributed by atoms with Crippen LogP contribution in [0.15, 0.2) is 54.7 Å². The maximum absolute atomic E-state index is 13.3. The van der Waals surface area contributed by atoms with Crippen LogP contribution in [0.3, 0.4) is 0 Å². The van der Waals surface area contributed by atoms with Gasteiger partial charge in [-0.15, -0.1) is 11.6 Å². The highest BCUT2D eigenvalue weighted by atomic mass is 35.5. The van der Waals surface area contributed by atoms with Gasteiger partial charge in [0.1, 0.15) is 11.4 Å². The average Bonchev–Trinajstić information content (AvgIpc) is 3.34. The fourth-order valence-corrected chi connectivity index (χ4v) is 7.53. The summed E-state index contributed by atoms with van der Waals surface area (Å²) in [5, 5.41) is 1.26. The molecule has 2 aromatic carbocycles. The number of fused-ring (bicyclic) bond motifs is 5. The van der Waals surface area contributed by atoms with Gasteiger partial charge in [0.15, 0.2) is 0 Å². The van der Waals surface area contributed by atoms with Crippen LogP contribution in [0.5, 0.6) is 5.75 Å². The van der Waals surface area contributed by atoms with Crippen LogP contribution < -0.4 is 4.74 Å². The number of aryl methyl sites for hydroxylation is 1. The van der Waals surface area contributed by atoms with Crippen molar-refractivity contribution in [3.8, 4) is 5.75 Å². The number of amides is 1. The van der Waals surface area contributed by atoms with Crippen molar-refractivity contribution in [1.29, 1.82) is 0 Å². The van der Waals surface area contributed by atoms with Crippen LogP contribution in [-0.2, 0) is 16.0 Å². The van der Waals surface area contributed by atoms with Crippen LogP contribution >= 0.6 is 11.6 Å². The second kappa shape index (κ2) is 11.1. The molecule has 0 unspecified atom stereocenters. The first-order chi connectivity index (χ1) is 19.2. The molecule has 0 radical (unpaired) electrons. The predicted octanol–water partition coefficient (Wildman–Crippen LogP) is 7.82. The van der Waals surface area contributed by atoms with Gasteiger partial charge in [-0.2, -0.15) is 0 Å². The number of nitrogens with zero attached hydrogens (tertiary/aromatic N) is 1. The second-order valence-electron chi connectivity index (χ2n) is 13.1. The predicted molar refractivity (Wildman–Crippen MR) is 161 cm³/mol. The summed E-state index contributed by atoms with van der Waals surface area (Å²) in [4.78, 5) is 18.6. The Hall–Kier alpha value is -2.50. The number of para-hydroxylation sites is 2. The number of piperidine rings is 1. The summed E-state index contributed by atoms with van der Waals surface area (Å²) in [5.74, 6) is 1.82. The van der Waals surface area contributed by atoms with Gasteiger partial charge in [0, 0.05) is 58.9 Å². The highest BCUT2D eigenvalue weighted by Gasteiger charge is 2.53. The maximum atomic E-state index is 13.3. The van der Waals surface area contributed by atoms with Crippen LogP contribution in [0.25, 0.3) is 10.9 Å². The van der Waals surface area contributed by atoms with E-state index in [1.54, 1.807) is 0 Å². The topological polar surface area (TPSA) is 54.6 Å². The number of likely N-dealkylation sites (tertiary alicyclic amines) is 1. The molecule has 214 valence electrons. The molecular formula is C34H43ClN2O3. The summed E-state index contributed by atoms with van der Waals surface area (Å²) < 4.78 is 13.7. The number of ether oxygens (including phenoxy) is 2. The third-order valence-corrected chi connectivity index (χ3v) is 9.76. The van der Waals surface area contributed by atoms with E-state index in [4.69, 9.17) is 21.1 Å². The van der Waals surface area contributed by atoms with Crippen molar-refractivity contribution in [3.63, 3.8) is 0 Å². The third kappa shape index (κ3) is 5.65. The molecule has 0 aliphatic carbocycles. The quantitative estimate of drug-likeness (QED) is 0.285. The van der Waals surface area contributed by atoms with Crippen molar-refractivity contribution in [2.24, 2.45) is 11.8 Å². The van der Waals surface area contributed by atoms with Gasteiger partial charge < -0.3 is 19.4 Å². The fraction of sp³-hybridized carbons (Fsp3) is 0.559. The minimum absolute atomic E-state index is 0.0404. The number of hydrogen-bond acceptors (Lipinski definition) is 3. The van der Waals surface area contributed by atoms with Crippen molar-refractivity contribution >= 4 is 28.4 Å². The zero-order valence-electron chi connectivity index (χ0n) is 24.1. The van der Waals surface area contributed by atoms with Crippen molar-refractivity contribution in [3.05, 3.63) is 65.9 Å². The molecule has 5 nitrogen and oxygen atoms in total. The molecule has 4 heterocycles. The number of H-pyrrole nitrogens is 1. The van der Waals surface area contributed by atoms with Crippen LogP contribution in [-0.4, -0.2) is 45.5 Å². The fourth-order valence-electron chi connectivity index (χ4n) is 7.39. The third-order valence-electron chi connectivity index (χ3n) is 9.57. The molecule has 1 aromatic heterocycles. The van der Waals surface area contributed by atoms with Gasteiger partial charge in [0.05, 0.1) is 12.2 Å². The summed E-state index contributed by atoms with van der Waals surface area (Å²) in [6, 6.07) is 16.8. The first-order valence-electron chi connectivity index (χ1n) is 15.2. The molecular weight excluding hydrogens is 520 g/mol. The molecule has 2 fully saturated rings. The summed E-state index contributed by atoms with van der Waals surface area (Å²) in [7, 11) is 0. The number of carbonyl (C=O) groups excluding carboxylic acids is 1. The van der Waals surface area contributed by atoms with E-state index in [0.717, 1.165) is 69.3 Å². The molecule has 3 aliphatic heterocycles. The molecule has 3 aliphatic rings. The highest BCUT2D eigenvalue weighted by Crippen LogP contribution is 2.54. The van der Waals surface area contributed by atoms with Gasteiger partial charge in [-0.1, -0.05) is 36.4 Å². The SMILES string of the molecule is CC(C)(Cl)CCC[C@@]1(C)Oc2ccccc2[C@H]2O[C@H]3CCN(C(=O)CCCc4c[nH]c5ccccc45)C[C@@H]3C[C@@H]21. The van der Waals surface area contributed by atoms with E-state index in [2.05, 4.69) is 79.3 Å². The summed E-state index contributed by atoms with van der Waals surface area (Å²) in [6.07, 6.45) is 9.50. The molecule has 6 rings (SSSR count). The minimum atomic E-state index is -0.322. The zero-order valence-corrected chi connectivity index (χ0v) is 24.9. The van der Waals surface area contributed by atoms with E-state index in [1.807, 2.05) is 6.07 Å². The molecule has 6 heteroatoms. The summed E-state index contributed by atoms with van der Waals surface area (Å²) >= 11 is 6.54. The van der Waals surface area contributed by atoms with E-state index in [1.165, 1.54) is 16.5 Å². The molecule has 3 aromatic rings. The lowest BCUT2D eigenvalue weighted by molar-refractivity contribution is -0.193. The number of nitrogens with one attached hydrogen (secondary N) is 1. The standard InChI is InChI=1S/C34H43ClN2O3/c1-33(2,35)17-9-18-34(3)27-20-24-22-37(19-16-29(24)39-32(27)26-12-5-7-14-30(26)40-34)31(38)15-8-10-23-21-36-28-13-6-4-11-25(23)28/h4-7,11-14,21,24,27,29,32,36H,8-10,15-20,22H2,1-3H3/t24-,27-,29-,32+,34+/m0/s1. The molecule has 40 heavy (non-hydrogen) atoms. The number of hydrogen-bond donors (Lipinski definition) is 1. The van der Waals surface area contributed by atoms with Gasteiger partial charge in [-0.05, 0) is 83.4 Å². The van der Waals surface area contributed by atoms with Crippen molar-refractivity contribution in [1.82, 2.24) is 9.88 Å². The minimum Gasteiger partial charge on any atom is -0.487 e. The van der Waals surface area contributed by atoms with Gasteiger partial charge >= 0.3 is 0 Å².